The van der Waals surface area contributed by atoms with Crippen molar-refractivity contribution in [1.82, 2.24) is 15.5 Å². The molecule has 0 aromatic heterocycles. The molecule has 2 N–H and O–H groups in total. The van der Waals surface area contributed by atoms with E-state index < -0.39 is 0 Å². The highest BCUT2D eigenvalue weighted by Crippen LogP contribution is 2.15. The van der Waals surface area contributed by atoms with Crippen molar-refractivity contribution in [2.24, 2.45) is 4.99 Å². The van der Waals surface area contributed by atoms with Crippen LogP contribution in [0.5, 0.6) is 0 Å². The Bertz CT molecular complexity index is 571. The summed E-state index contributed by atoms with van der Waals surface area (Å²) in [6, 6.07) is 8.36. The van der Waals surface area contributed by atoms with Crippen LogP contribution in [0.25, 0.3) is 0 Å². The van der Waals surface area contributed by atoms with Crippen molar-refractivity contribution in [1.29, 1.82) is 0 Å². The Hall–Kier alpha value is -1.57. The highest BCUT2D eigenvalue weighted by Gasteiger charge is 2.19. The average molecular weight is 456 g/mol. The molecule has 1 fully saturated rings. The second kappa shape index (κ2) is 11.9. The molecule has 0 unspecified atom stereocenters. The van der Waals surface area contributed by atoms with E-state index in [0.717, 1.165) is 37.5 Å². The van der Waals surface area contributed by atoms with Crippen LogP contribution in [0.4, 0.5) is 0 Å². The van der Waals surface area contributed by atoms with Crippen molar-refractivity contribution < 1.29 is 4.79 Å². The molecule has 5 nitrogen and oxygen atoms in total. The average Bonchev–Trinajstić information content (AvgIpc) is 3.00. The monoisotopic (exact) mass is 456 g/mol. The summed E-state index contributed by atoms with van der Waals surface area (Å²) in [5.41, 5.74) is 2.33. The summed E-state index contributed by atoms with van der Waals surface area (Å²) in [6.07, 6.45) is 4.55. The summed E-state index contributed by atoms with van der Waals surface area (Å²) in [5, 5.41) is 6.50. The lowest BCUT2D eigenvalue weighted by molar-refractivity contribution is -0.128. The van der Waals surface area contributed by atoms with Crippen LogP contribution in [0.1, 0.15) is 37.3 Å². The van der Waals surface area contributed by atoms with E-state index in [1.165, 1.54) is 5.56 Å². The Morgan fingerprint density at radius 3 is 2.60 bits per heavy atom. The van der Waals surface area contributed by atoms with E-state index in [2.05, 4.69) is 53.4 Å². The minimum atomic E-state index is 0. The van der Waals surface area contributed by atoms with Crippen LogP contribution in [-0.4, -0.2) is 36.4 Å². The number of halogens is 1. The standard InChI is InChI=1S/C19H28N4O.HI/c1-3-11-20-19(21-12-4-2)22-14-16-7-9-17(10-8-16)15-23-13-5-6-18(23)24;/h3,7-10H,1,4-6,11-15H2,2H3,(H2,20,21,22);1H. The van der Waals surface area contributed by atoms with Gasteiger partial charge < -0.3 is 15.5 Å². The first-order valence-corrected chi connectivity index (χ1v) is 8.71. The van der Waals surface area contributed by atoms with Crippen LogP contribution in [0.15, 0.2) is 41.9 Å². The lowest BCUT2D eigenvalue weighted by Crippen LogP contribution is -2.37. The lowest BCUT2D eigenvalue weighted by Gasteiger charge is -2.15. The smallest absolute Gasteiger partial charge is 0.222 e. The van der Waals surface area contributed by atoms with Gasteiger partial charge in [-0.05, 0) is 24.0 Å². The lowest BCUT2D eigenvalue weighted by atomic mass is 10.1. The number of carbonyl (C=O) groups is 1. The first kappa shape index (κ1) is 21.5. The summed E-state index contributed by atoms with van der Waals surface area (Å²) in [7, 11) is 0. The van der Waals surface area contributed by atoms with Crippen LogP contribution >= 0.6 is 24.0 Å². The van der Waals surface area contributed by atoms with E-state index in [4.69, 9.17) is 0 Å². The largest absolute Gasteiger partial charge is 0.356 e. The first-order valence-electron chi connectivity index (χ1n) is 8.71. The quantitative estimate of drug-likeness (QED) is 0.274. The molecule has 138 valence electrons. The maximum atomic E-state index is 11.7. The van der Waals surface area contributed by atoms with Gasteiger partial charge in [0.1, 0.15) is 0 Å². The predicted octanol–water partition coefficient (Wildman–Crippen LogP) is 3.06. The second-order valence-corrected chi connectivity index (χ2v) is 6.00. The van der Waals surface area contributed by atoms with Crippen LogP contribution < -0.4 is 10.6 Å². The molecular formula is C19H29IN4O. The molecule has 0 bridgehead atoms. The van der Waals surface area contributed by atoms with Crippen molar-refractivity contribution in [3.63, 3.8) is 0 Å². The molecule has 0 spiro atoms. The number of aliphatic imine (C=N–C) groups is 1. The third kappa shape index (κ3) is 7.46. The Morgan fingerprint density at radius 2 is 2.00 bits per heavy atom. The van der Waals surface area contributed by atoms with Crippen LogP contribution in [0.3, 0.4) is 0 Å². The predicted molar refractivity (Wildman–Crippen MR) is 114 cm³/mol. The second-order valence-electron chi connectivity index (χ2n) is 6.00. The highest BCUT2D eigenvalue weighted by atomic mass is 127. The van der Waals surface area contributed by atoms with Gasteiger partial charge in [0.25, 0.3) is 0 Å². The third-order valence-corrected chi connectivity index (χ3v) is 3.94. The number of amides is 1. The molecule has 2 rings (SSSR count). The minimum Gasteiger partial charge on any atom is -0.356 e. The van der Waals surface area contributed by atoms with Gasteiger partial charge in [-0.15, -0.1) is 30.6 Å². The zero-order valence-electron chi connectivity index (χ0n) is 15.0. The van der Waals surface area contributed by atoms with E-state index in [1.54, 1.807) is 0 Å². The molecule has 1 aliphatic rings. The molecule has 1 heterocycles. The molecule has 1 saturated heterocycles. The highest BCUT2D eigenvalue weighted by molar-refractivity contribution is 14.0. The molecule has 25 heavy (non-hydrogen) atoms. The van der Waals surface area contributed by atoms with E-state index in [1.807, 2.05) is 11.0 Å². The summed E-state index contributed by atoms with van der Waals surface area (Å²) >= 11 is 0. The molecule has 1 aliphatic heterocycles. The molecule has 0 atom stereocenters. The normalized spacial score (nSPS) is 14.2. The van der Waals surface area contributed by atoms with Gasteiger partial charge in [-0.3, -0.25) is 4.79 Å². The van der Waals surface area contributed by atoms with E-state index >= 15 is 0 Å². The minimum absolute atomic E-state index is 0. The summed E-state index contributed by atoms with van der Waals surface area (Å²) in [6.45, 7) is 9.65. The van der Waals surface area contributed by atoms with Crippen molar-refractivity contribution in [3.05, 3.63) is 48.0 Å². The molecular weight excluding hydrogens is 427 g/mol. The number of nitrogens with zero attached hydrogens (tertiary/aromatic N) is 2. The fourth-order valence-electron chi connectivity index (χ4n) is 2.60. The van der Waals surface area contributed by atoms with Gasteiger partial charge in [0.2, 0.25) is 5.91 Å². The van der Waals surface area contributed by atoms with Crippen molar-refractivity contribution in [2.75, 3.05) is 19.6 Å². The molecule has 1 amide bonds. The maximum absolute atomic E-state index is 11.7. The molecule has 0 radical (unpaired) electrons. The van der Waals surface area contributed by atoms with Gasteiger partial charge in [-0.2, -0.15) is 0 Å². The molecule has 1 aromatic rings. The van der Waals surface area contributed by atoms with Crippen molar-refractivity contribution >= 4 is 35.8 Å². The van der Waals surface area contributed by atoms with Gasteiger partial charge in [0.05, 0.1) is 6.54 Å². The Morgan fingerprint density at radius 1 is 1.28 bits per heavy atom. The molecule has 0 saturated carbocycles. The van der Waals surface area contributed by atoms with Crippen LogP contribution in [0.2, 0.25) is 0 Å². The van der Waals surface area contributed by atoms with E-state index in [0.29, 0.717) is 26.1 Å². The van der Waals surface area contributed by atoms with Gasteiger partial charge in [0.15, 0.2) is 5.96 Å². The van der Waals surface area contributed by atoms with Crippen molar-refractivity contribution in [3.8, 4) is 0 Å². The topological polar surface area (TPSA) is 56.7 Å². The molecule has 0 aliphatic carbocycles. The number of nitrogens with one attached hydrogen (secondary N) is 2. The number of hydrogen-bond donors (Lipinski definition) is 2. The summed E-state index contributed by atoms with van der Waals surface area (Å²) in [4.78, 5) is 18.2. The van der Waals surface area contributed by atoms with Crippen LogP contribution in [-0.2, 0) is 17.9 Å². The third-order valence-electron chi connectivity index (χ3n) is 3.94. The Labute approximate surface area is 168 Å². The Kier molecular flexibility index (Phi) is 10.2. The maximum Gasteiger partial charge on any atom is 0.222 e. The fourth-order valence-corrected chi connectivity index (χ4v) is 2.60. The van der Waals surface area contributed by atoms with Gasteiger partial charge in [-0.25, -0.2) is 4.99 Å². The number of rotatable bonds is 8. The van der Waals surface area contributed by atoms with Gasteiger partial charge >= 0.3 is 0 Å². The number of hydrogen-bond acceptors (Lipinski definition) is 2. The number of carbonyl (C=O) groups excluding carboxylic acids is 1. The van der Waals surface area contributed by atoms with Gasteiger partial charge in [0, 0.05) is 32.6 Å². The molecule has 1 aromatic carbocycles. The Balaban J connectivity index is 0.00000312. The number of likely N-dealkylation sites (tertiary alicyclic amines) is 1. The summed E-state index contributed by atoms with van der Waals surface area (Å²) < 4.78 is 0. The first-order chi connectivity index (χ1) is 11.7. The SMILES string of the molecule is C=CCNC(=NCc1ccc(CN2CCCC2=O)cc1)NCCC.I. The van der Waals surface area contributed by atoms with Crippen LogP contribution in [0, 0.1) is 0 Å². The van der Waals surface area contributed by atoms with Gasteiger partial charge in [-0.1, -0.05) is 37.3 Å². The zero-order valence-corrected chi connectivity index (χ0v) is 17.3. The van der Waals surface area contributed by atoms with E-state index in [-0.39, 0.29) is 29.9 Å². The van der Waals surface area contributed by atoms with E-state index in [9.17, 15) is 4.79 Å². The number of guanidine groups is 1. The molecule has 6 heteroatoms. The zero-order chi connectivity index (χ0) is 17.2. The fraction of sp³-hybridized carbons (Fsp3) is 0.474. The van der Waals surface area contributed by atoms with Crippen molar-refractivity contribution in [2.45, 2.75) is 39.3 Å². The summed E-state index contributed by atoms with van der Waals surface area (Å²) in [5.74, 6) is 1.08. The number of benzene rings is 1.